The van der Waals surface area contributed by atoms with Crippen LogP contribution < -0.4 is 5.32 Å². The number of hydroxylamine groups is 2. The number of fused-ring (bicyclic) bond motifs is 4. The van der Waals surface area contributed by atoms with Gasteiger partial charge in [0.1, 0.15) is 48.1 Å². The van der Waals surface area contributed by atoms with Crippen molar-refractivity contribution < 1.29 is 57.9 Å². The molecule has 15 heteroatoms. The van der Waals surface area contributed by atoms with E-state index in [1.807, 2.05) is 54.6 Å². The maximum Gasteiger partial charge on any atom is 0.327 e. The summed E-state index contributed by atoms with van der Waals surface area (Å²) < 4.78 is 31.3. The minimum atomic E-state index is -1.57. The van der Waals surface area contributed by atoms with E-state index in [1.165, 1.54) is 11.2 Å². The first-order chi connectivity index (χ1) is 31.2. The summed E-state index contributed by atoms with van der Waals surface area (Å²) in [6.45, 7) is 9.22. The van der Waals surface area contributed by atoms with Gasteiger partial charge in [-0.25, -0.2) is 0 Å². The van der Waals surface area contributed by atoms with Crippen molar-refractivity contribution in [3.8, 4) is 0 Å². The zero-order valence-corrected chi connectivity index (χ0v) is 39.1. The molecule has 2 aromatic rings. The molecule has 1 saturated carbocycles. The minimum Gasteiger partial charge on any atom is -0.499 e. The highest BCUT2D eigenvalue weighted by molar-refractivity contribution is 5.96. The molecule has 0 aromatic heterocycles. The minimum absolute atomic E-state index is 0.0400. The number of esters is 2. The van der Waals surface area contributed by atoms with Crippen molar-refractivity contribution in [1.29, 1.82) is 0 Å². The smallest absolute Gasteiger partial charge is 0.327 e. The van der Waals surface area contributed by atoms with Crippen LogP contribution >= 0.6 is 0 Å². The highest BCUT2D eigenvalue weighted by atomic mass is 16.8. The number of rotatable bonds is 24. The van der Waals surface area contributed by atoms with E-state index in [2.05, 4.69) is 19.2 Å². The monoisotopic (exact) mass is 906 g/mol. The molecular weight excluding hydrogens is 835 g/mol. The van der Waals surface area contributed by atoms with Crippen LogP contribution in [0.2, 0.25) is 0 Å². The third kappa shape index (κ3) is 11.8. The molecule has 3 aliphatic heterocycles. The number of benzene rings is 2. The summed E-state index contributed by atoms with van der Waals surface area (Å²) in [6.07, 6.45) is 7.22. The zero-order valence-electron chi connectivity index (χ0n) is 39.1. The Morgan fingerprint density at radius 1 is 0.969 bits per heavy atom. The maximum absolute atomic E-state index is 15.9. The van der Waals surface area contributed by atoms with Crippen molar-refractivity contribution in [3.05, 3.63) is 77.5 Å². The van der Waals surface area contributed by atoms with Crippen molar-refractivity contribution in [3.63, 3.8) is 0 Å². The Morgan fingerprint density at radius 2 is 1.65 bits per heavy atom. The van der Waals surface area contributed by atoms with E-state index >= 15 is 4.79 Å². The number of ether oxygens (including phenoxy) is 5. The highest BCUT2D eigenvalue weighted by Crippen LogP contribution is 2.58. The lowest BCUT2D eigenvalue weighted by Crippen LogP contribution is -2.70. The number of nitrogens with one attached hydrogen (secondary N) is 1. The van der Waals surface area contributed by atoms with Gasteiger partial charge in [-0.2, -0.15) is 5.06 Å². The van der Waals surface area contributed by atoms with E-state index in [9.17, 15) is 24.6 Å². The summed E-state index contributed by atoms with van der Waals surface area (Å²) in [5.41, 5.74) is 0.0700. The Hall–Kier alpha value is -4.38. The highest BCUT2D eigenvalue weighted by Gasteiger charge is 2.76. The van der Waals surface area contributed by atoms with Crippen molar-refractivity contribution in [2.75, 3.05) is 26.9 Å². The van der Waals surface area contributed by atoms with E-state index in [0.717, 1.165) is 55.2 Å². The molecule has 3 N–H and O–H groups in total. The van der Waals surface area contributed by atoms with Crippen molar-refractivity contribution in [1.82, 2.24) is 15.3 Å². The molecule has 15 nitrogen and oxygen atoms in total. The van der Waals surface area contributed by atoms with Crippen LogP contribution in [0, 0.1) is 5.41 Å². The van der Waals surface area contributed by atoms with Gasteiger partial charge in [-0.3, -0.25) is 24.0 Å². The summed E-state index contributed by atoms with van der Waals surface area (Å²) in [6, 6.07) is 13.7. The van der Waals surface area contributed by atoms with Gasteiger partial charge < -0.3 is 44.1 Å². The van der Waals surface area contributed by atoms with Gasteiger partial charge in [0.05, 0.1) is 32.1 Å². The number of nitrogens with zero attached hydrogens (tertiary/aromatic N) is 2. The summed E-state index contributed by atoms with van der Waals surface area (Å²) in [4.78, 5) is 66.1. The predicted molar refractivity (Wildman–Crippen MR) is 241 cm³/mol. The number of hydrogen-bond donors (Lipinski definition) is 3. The summed E-state index contributed by atoms with van der Waals surface area (Å²) in [7, 11) is 1.57. The summed E-state index contributed by atoms with van der Waals surface area (Å²) >= 11 is 0. The van der Waals surface area contributed by atoms with E-state index in [4.69, 9.17) is 28.5 Å². The van der Waals surface area contributed by atoms with Gasteiger partial charge in [0.2, 0.25) is 11.8 Å². The van der Waals surface area contributed by atoms with Crippen LogP contribution in [-0.2, 0) is 60.7 Å². The van der Waals surface area contributed by atoms with Gasteiger partial charge >= 0.3 is 11.9 Å². The number of hydrogen-bond acceptors (Lipinski definition) is 13. The van der Waals surface area contributed by atoms with Crippen molar-refractivity contribution >= 4 is 29.8 Å². The quantitative estimate of drug-likeness (QED) is 0.0656. The van der Waals surface area contributed by atoms with E-state index in [0.29, 0.717) is 12.8 Å². The van der Waals surface area contributed by atoms with Gasteiger partial charge in [0, 0.05) is 39.2 Å². The van der Waals surface area contributed by atoms with Crippen LogP contribution in [0.15, 0.2) is 60.9 Å². The summed E-state index contributed by atoms with van der Waals surface area (Å²) in [5, 5.41) is 24.1. The molecule has 3 heterocycles. The molecule has 8 atom stereocenters. The van der Waals surface area contributed by atoms with Crippen LogP contribution in [0.25, 0.3) is 6.08 Å². The van der Waals surface area contributed by atoms with Crippen LogP contribution in [0.4, 0.5) is 0 Å². The van der Waals surface area contributed by atoms with Crippen LogP contribution in [0.1, 0.15) is 122 Å². The molecule has 1 aliphatic carbocycles. The Labute approximate surface area is 384 Å². The normalized spacial score (nSPS) is 25.4. The third-order valence-electron chi connectivity index (χ3n) is 13.0. The molecule has 3 saturated heterocycles. The lowest BCUT2D eigenvalue weighted by atomic mass is 9.62. The number of aliphatic hydroxyl groups is 2. The fourth-order valence-corrected chi connectivity index (χ4v) is 9.83. The molecule has 2 bridgehead atoms. The second-order valence-electron chi connectivity index (χ2n) is 18.9. The Balaban J connectivity index is 1.38. The zero-order chi connectivity index (χ0) is 46.8. The SMILES string of the molecule is CCCCCC1(CCCCC)O[C@@H]2[C@H](O1)[C@H]1ON(Cc3ccccc3C=COCCO)[C@@H]3C(=O)O[C@@H]2C[C@]13C(=O)N(C)[C@H](Cc1ccccc1)C(=O)N[C@H](CO)CCC(=O)OC(C)(C)C. The number of amides is 2. The molecule has 358 valence electrons. The molecule has 0 radical (unpaired) electrons. The number of carbonyl (C=O) groups is 4. The van der Waals surface area contributed by atoms with Crippen LogP contribution in [-0.4, -0.2) is 125 Å². The molecule has 2 amide bonds. The predicted octanol–water partition coefficient (Wildman–Crippen LogP) is 5.78. The van der Waals surface area contributed by atoms with Gasteiger partial charge in [-0.15, -0.1) is 0 Å². The van der Waals surface area contributed by atoms with Gasteiger partial charge in [-0.1, -0.05) is 94.1 Å². The average molecular weight is 906 g/mol. The Kier molecular flexibility index (Phi) is 17.3. The van der Waals surface area contributed by atoms with Crippen LogP contribution in [0.5, 0.6) is 0 Å². The number of aliphatic hydroxyl groups excluding tert-OH is 2. The maximum atomic E-state index is 15.9. The number of carbonyl (C=O) groups excluding carboxylic acids is 4. The largest absolute Gasteiger partial charge is 0.499 e. The van der Waals surface area contributed by atoms with E-state index < -0.39 is 89.7 Å². The standard InChI is InChI=1S/C50H71N3O12/c1-7-9-16-25-49(26-17-10-8-2)63-41-39-31-50(43(46(58)61-39)53(65-44(50)42(41)64-49)32-36-21-15-14-20-35(36)24-28-60-29-27-54)47(59)52(6)38(30-34-18-12-11-13-19-34)45(57)51-37(33-55)22-23-40(56)62-48(3,4)5/h11-15,18-21,24,28,37-39,41-44,54-55H,7-10,16-17,22-23,25-27,29-33H2,1-6H3,(H,51,57)/t37-,38+,39+,41-,42-,43+,44+,50+/m0/s1. The lowest BCUT2D eigenvalue weighted by Gasteiger charge is -2.50. The molecular formula is C50H71N3O12. The van der Waals surface area contributed by atoms with E-state index in [-0.39, 0.29) is 45.4 Å². The third-order valence-corrected chi connectivity index (χ3v) is 13.0. The Morgan fingerprint density at radius 3 is 2.31 bits per heavy atom. The molecule has 6 rings (SSSR count). The van der Waals surface area contributed by atoms with Gasteiger partial charge in [0.25, 0.3) is 0 Å². The van der Waals surface area contributed by atoms with E-state index in [1.54, 1.807) is 39.0 Å². The van der Waals surface area contributed by atoms with Crippen LogP contribution in [0.3, 0.4) is 0 Å². The molecule has 4 aliphatic rings. The number of likely N-dealkylation sites (N-methyl/N-ethyl adjacent to an activating group) is 1. The molecule has 0 spiro atoms. The average Bonchev–Trinajstić information content (AvgIpc) is 3.84. The fourth-order valence-electron chi connectivity index (χ4n) is 9.83. The first-order valence-corrected chi connectivity index (χ1v) is 23.6. The fraction of sp³-hybridized carbons (Fsp3) is 0.640. The summed E-state index contributed by atoms with van der Waals surface area (Å²) in [5.74, 6) is -3.07. The Bertz CT molecular complexity index is 1930. The second kappa shape index (κ2) is 22.4. The molecule has 4 fully saturated rings. The van der Waals surface area contributed by atoms with Gasteiger partial charge in [0.15, 0.2) is 11.8 Å². The number of unbranched alkanes of at least 4 members (excludes halogenated alkanes) is 4. The topological polar surface area (TPSA) is 183 Å². The first kappa shape index (κ1) is 50.0. The molecule has 2 aromatic carbocycles. The lowest BCUT2D eigenvalue weighted by molar-refractivity contribution is -0.225. The molecule has 0 unspecified atom stereocenters. The molecule has 65 heavy (non-hydrogen) atoms. The van der Waals surface area contributed by atoms with Gasteiger partial charge in [-0.05, 0) is 62.8 Å². The van der Waals surface area contributed by atoms with Crippen molar-refractivity contribution in [2.24, 2.45) is 5.41 Å². The first-order valence-electron chi connectivity index (χ1n) is 23.6. The second-order valence-corrected chi connectivity index (χ2v) is 18.9. The van der Waals surface area contributed by atoms with Crippen molar-refractivity contribution in [2.45, 2.75) is 172 Å².